The van der Waals surface area contributed by atoms with Gasteiger partial charge in [-0.3, -0.25) is 9.59 Å². The molecular weight excluding hydrogens is 436 g/mol. The molecule has 1 aliphatic rings. The number of methoxy groups -OCH3 is 1. The molecule has 3 aromatic carbocycles. The zero-order valence-electron chi connectivity index (χ0n) is 20.6. The van der Waals surface area contributed by atoms with Gasteiger partial charge in [0.2, 0.25) is 11.8 Å². The number of carbonyl (C=O) groups excluding carboxylic acids is 2. The summed E-state index contributed by atoms with van der Waals surface area (Å²) < 4.78 is 5.42. The molecule has 1 N–H and O–H groups in total. The molecule has 0 bridgehead atoms. The van der Waals surface area contributed by atoms with Crippen LogP contribution >= 0.6 is 0 Å². The van der Waals surface area contributed by atoms with Crippen LogP contribution in [0.4, 0.5) is 0 Å². The summed E-state index contributed by atoms with van der Waals surface area (Å²) >= 11 is 0. The molecule has 1 saturated heterocycles. The van der Waals surface area contributed by atoms with Crippen LogP contribution in [-0.2, 0) is 22.4 Å². The Morgan fingerprint density at radius 1 is 0.971 bits per heavy atom. The topological polar surface area (TPSA) is 58.6 Å². The largest absolute Gasteiger partial charge is 0.496 e. The zero-order chi connectivity index (χ0) is 24.6. The first-order valence-electron chi connectivity index (χ1n) is 12.3. The van der Waals surface area contributed by atoms with E-state index >= 15 is 0 Å². The van der Waals surface area contributed by atoms with Crippen molar-refractivity contribution in [2.75, 3.05) is 26.7 Å². The normalized spacial score (nSPS) is 17.6. The number of amides is 2. The van der Waals surface area contributed by atoms with Crippen LogP contribution in [0.5, 0.6) is 5.75 Å². The number of nitrogens with zero attached hydrogens (tertiary/aromatic N) is 1. The molecule has 3 aromatic rings. The summed E-state index contributed by atoms with van der Waals surface area (Å²) in [5, 5.41) is 3.11. The number of carbonyl (C=O) groups is 2. The molecule has 0 aliphatic carbocycles. The van der Waals surface area contributed by atoms with E-state index in [9.17, 15) is 9.59 Å². The van der Waals surface area contributed by atoms with E-state index < -0.39 is 0 Å². The monoisotopic (exact) mass is 470 g/mol. The Balaban J connectivity index is 1.45. The van der Waals surface area contributed by atoms with Crippen LogP contribution in [0.15, 0.2) is 78.9 Å². The number of para-hydroxylation sites is 1. The van der Waals surface area contributed by atoms with Crippen LogP contribution in [0.2, 0.25) is 0 Å². The smallest absolute Gasteiger partial charge is 0.227 e. The van der Waals surface area contributed by atoms with Gasteiger partial charge in [0.05, 0.1) is 19.4 Å². The molecule has 4 rings (SSSR count). The lowest BCUT2D eigenvalue weighted by atomic mass is 9.83. The van der Waals surface area contributed by atoms with Gasteiger partial charge in [-0.2, -0.15) is 0 Å². The standard InChI is InChI=1S/C30H34N2O3/c1-22-9-8-13-25(17-22)26-19-27(21-32(20-26)29(33)18-23-10-4-3-5-11-23)30(34)31-16-15-24-12-6-7-14-28(24)35-2/h3-14,17,26-27H,15-16,18-21H2,1-2H3,(H,31,34). The Morgan fingerprint density at radius 3 is 2.51 bits per heavy atom. The third-order valence-electron chi connectivity index (χ3n) is 6.77. The maximum Gasteiger partial charge on any atom is 0.227 e. The van der Waals surface area contributed by atoms with Crippen molar-refractivity contribution >= 4 is 11.8 Å². The Bertz CT molecular complexity index is 1150. The predicted octanol–water partition coefficient (Wildman–Crippen LogP) is 4.54. The van der Waals surface area contributed by atoms with Gasteiger partial charge in [0, 0.05) is 25.6 Å². The fraction of sp³-hybridized carbons (Fsp3) is 0.333. The molecule has 2 amide bonds. The van der Waals surface area contributed by atoms with Crippen LogP contribution in [0.1, 0.15) is 34.6 Å². The second-order valence-electron chi connectivity index (χ2n) is 9.36. The quantitative estimate of drug-likeness (QED) is 0.526. The summed E-state index contributed by atoms with van der Waals surface area (Å²) in [7, 11) is 1.66. The van der Waals surface area contributed by atoms with Crippen LogP contribution < -0.4 is 10.1 Å². The Morgan fingerprint density at radius 2 is 1.74 bits per heavy atom. The van der Waals surface area contributed by atoms with Gasteiger partial charge in [-0.05, 0) is 42.5 Å². The Labute approximate surface area is 208 Å². The predicted molar refractivity (Wildman–Crippen MR) is 138 cm³/mol. The molecule has 0 spiro atoms. The number of ether oxygens (including phenoxy) is 1. The lowest BCUT2D eigenvalue weighted by Gasteiger charge is -2.37. The summed E-state index contributed by atoms with van der Waals surface area (Å²) in [6, 6.07) is 26.1. The molecule has 0 saturated carbocycles. The number of aryl methyl sites for hydroxylation is 1. The van der Waals surface area contributed by atoms with Crippen molar-refractivity contribution in [3.63, 3.8) is 0 Å². The highest BCUT2D eigenvalue weighted by Gasteiger charge is 2.34. The molecule has 5 heteroatoms. The SMILES string of the molecule is COc1ccccc1CCNC(=O)C1CC(c2cccc(C)c2)CN(C(=O)Cc2ccccc2)C1. The number of likely N-dealkylation sites (tertiary alicyclic amines) is 1. The lowest BCUT2D eigenvalue weighted by molar-refractivity contribution is -0.135. The molecule has 182 valence electrons. The van der Waals surface area contributed by atoms with E-state index in [1.807, 2.05) is 59.5 Å². The van der Waals surface area contributed by atoms with Crippen molar-refractivity contribution in [3.05, 3.63) is 101 Å². The fourth-order valence-corrected chi connectivity index (χ4v) is 4.91. The highest BCUT2D eigenvalue weighted by molar-refractivity contribution is 5.82. The molecule has 0 aromatic heterocycles. The summed E-state index contributed by atoms with van der Waals surface area (Å²) in [4.78, 5) is 28.3. The molecule has 2 unspecified atom stereocenters. The van der Waals surface area contributed by atoms with Gasteiger partial charge in [0.1, 0.15) is 5.75 Å². The molecule has 5 nitrogen and oxygen atoms in total. The van der Waals surface area contributed by atoms with Crippen LogP contribution in [-0.4, -0.2) is 43.5 Å². The van der Waals surface area contributed by atoms with E-state index in [2.05, 4.69) is 36.5 Å². The highest BCUT2D eigenvalue weighted by Crippen LogP contribution is 2.31. The van der Waals surface area contributed by atoms with Gasteiger partial charge in [-0.25, -0.2) is 0 Å². The maximum atomic E-state index is 13.2. The Hall–Kier alpha value is -3.60. The highest BCUT2D eigenvalue weighted by atomic mass is 16.5. The van der Waals surface area contributed by atoms with Crippen molar-refractivity contribution in [1.82, 2.24) is 10.2 Å². The van der Waals surface area contributed by atoms with E-state index in [-0.39, 0.29) is 23.7 Å². The molecule has 0 radical (unpaired) electrons. The maximum absolute atomic E-state index is 13.2. The number of piperidine rings is 1. The zero-order valence-corrected chi connectivity index (χ0v) is 20.6. The molecule has 1 aliphatic heterocycles. The number of hydrogen-bond donors (Lipinski definition) is 1. The Kier molecular flexibility index (Phi) is 8.19. The number of nitrogens with one attached hydrogen (secondary N) is 1. The molecular formula is C30H34N2O3. The second kappa shape index (κ2) is 11.7. The minimum atomic E-state index is -0.244. The van der Waals surface area contributed by atoms with Gasteiger partial charge < -0.3 is 15.0 Å². The lowest BCUT2D eigenvalue weighted by Crippen LogP contribution is -2.48. The molecule has 2 atom stereocenters. The van der Waals surface area contributed by atoms with Gasteiger partial charge in [-0.1, -0.05) is 78.4 Å². The summed E-state index contributed by atoms with van der Waals surface area (Å²) in [5.41, 5.74) is 4.44. The van der Waals surface area contributed by atoms with Crippen molar-refractivity contribution in [2.45, 2.75) is 32.1 Å². The number of rotatable bonds is 8. The minimum Gasteiger partial charge on any atom is -0.496 e. The first-order chi connectivity index (χ1) is 17.0. The third-order valence-corrected chi connectivity index (χ3v) is 6.77. The van der Waals surface area contributed by atoms with Gasteiger partial charge in [0.15, 0.2) is 0 Å². The molecule has 35 heavy (non-hydrogen) atoms. The first kappa shape index (κ1) is 24.5. The average Bonchev–Trinajstić information content (AvgIpc) is 2.89. The van der Waals surface area contributed by atoms with E-state index in [1.54, 1.807) is 7.11 Å². The molecule has 1 heterocycles. The minimum absolute atomic E-state index is 0.00904. The second-order valence-corrected chi connectivity index (χ2v) is 9.36. The van der Waals surface area contributed by atoms with Crippen molar-refractivity contribution < 1.29 is 14.3 Å². The number of benzene rings is 3. The van der Waals surface area contributed by atoms with Gasteiger partial charge >= 0.3 is 0 Å². The summed E-state index contributed by atoms with van der Waals surface area (Å²) in [6.07, 6.45) is 1.78. The van der Waals surface area contributed by atoms with Gasteiger partial charge in [0.25, 0.3) is 0 Å². The van der Waals surface area contributed by atoms with Crippen LogP contribution in [0, 0.1) is 12.8 Å². The van der Waals surface area contributed by atoms with E-state index in [0.29, 0.717) is 32.5 Å². The summed E-state index contributed by atoms with van der Waals surface area (Å²) in [6.45, 7) is 3.70. The van der Waals surface area contributed by atoms with Crippen molar-refractivity contribution in [1.29, 1.82) is 0 Å². The van der Waals surface area contributed by atoms with Crippen LogP contribution in [0.3, 0.4) is 0 Å². The van der Waals surface area contributed by atoms with E-state index in [0.717, 1.165) is 23.3 Å². The first-order valence-corrected chi connectivity index (χ1v) is 12.3. The number of hydrogen-bond acceptors (Lipinski definition) is 3. The van der Waals surface area contributed by atoms with Crippen molar-refractivity contribution in [2.24, 2.45) is 5.92 Å². The van der Waals surface area contributed by atoms with Crippen LogP contribution in [0.25, 0.3) is 0 Å². The molecule has 1 fully saturated rings. The van der Waals surface area contributed by atoms with E-state index in [1.165, 1.54) is 11.1 Å². The summed E-state index contributed by atoms with van der Waals surface area (Å²) in [5.74, 6) is 0.798. The van der Waals surface area contributed by atoms with Gasteiger partial charge in [-0.15, -0.1) is 0 Å². The van der Waals surface area contributed by atoms with Crippen molar-refractivity contribution in [3.8, 4) is 5.75 Å². The fourth-order valence-electron chi connectivity index (χ4n) is 4.91. The average molecular weight is 471 g/mol. The van der Waals surface area contributed by atoms with E-state index in [4.69, 9.17) is 4.74 Å². The third kappa shape index (κ3) is 6.50.